The highest BCUT2D eigenvalue weighted by atomic mass is 19.1. The van der Waals surface area contributed by atoms with Gasteiger partial charge in [0.2, 0.25) is 0 Å². The van der Waals surface area contributed by atoms with Crippen LogP contribution >= 0.6 is 0 Å². The quantitative estimate of drug-likeness (QED) is 0.575. The Hall–Kier alpha value is -3.03. The molecule has 0 unspecified atom stereocenters. The summed E-state index contributed by atoms with van der Waals surface area (Å²) in [5, 5.41) is 13.5. The number of hydrogen-bond donors (Lipinski definition) is 1. The number of benzene rings is 2. The molecule has 0 spiro atoms. The first-order chi connectivity index (χ1) is 13.4. The van der Waals surface area contributed by atoms with Crippen molar-refractivity contribution in [3.63, 3.8) is 0 Å². The van der Waals surface area contributed by atoms with Crippen LogP contribution in [-0.4, -0.2) is 24.0 Å². The fourth-order valence-corrected chi connectivity index (χ4v) is 3.73. The van der Waals surface area contributed by atoms with Gasteiger partial charge in [-0.25, -0.2) is 8.78 Å². The van der Waals surface area contributed by atoms with Crippen molar-refractivity contribution >= 4 is 11.6 Å². The van der Waals surface area contributed by atoms with Crippen molar-refractivity contribution in [3.05, 3.63) is 69.8 Å². The standard InChI is InChI=1S/C20H20F2N2O4/c21-16-7-4-8-17(22)19(16)20(9-1-2-10-20)13-23-18(25)12-28-15-6-3-5-14(11-15)24(26)27/h3-8,11H,1-2,9-10,12-13H2,(H,23,25). The Morgan fingerprint density at radius 3 is 2.43 bits per heavy atom. The molecule has 6 nitrogen and oxygen atoms in total. The van der Waals surface area contributed by atoms with Gasteiger partial charge in [0, 0.05) is 23.6 Å². The summed E-state index contributed by atoms with van der Waals surface area (Å²) in [6.45, 7) is -0.251. The molecule has 148 valence electrons. The van der Waals surface area contributed by atoms with Crippen molar-refractivity contribution in [1.82, 2.24) is 5.32 Å². The summed E-state index contributed by atoms with van der Waals surface area (Å²) < 4.78 is 33.9. The molecular formula is C20H20F2N2O4. The minimum Gasteiger partial charge on any atom is -0.484 e. The van der Waals surface area contributed by atoms with Gasteiger partial charge in [0.05, 0.1) is 11.0 Å². The maximum atomic E-state index is 14.3. The minimum absolute atomic E-state index is 0.0207. The van der Waals surface area contributed by atoms with Crippen molar-refractivity contribution in [2.24, 2.45) is 0 Å². The van der Waals surface area contributed by atoms with Crippen molar-refractivity contribution in [3.8, 4) is 5.75 Å². The second-order valence-corrected chi connectivity index (χ2v) is 6.90. The molecule has 0 aliphatic heterocycles. The molecule has 2 aromatic carbocycles. The number of ether oxygens (including phenoxy) is 1. The lowest BCUT2D eigenvalue weighted by molar-refractivity contribution is -0.384. The molecule has 0 atom stereocenters. The fraction of sp³-hybridized carbons (Fsp3) is 0.350. The molecular weight excluding hydrogens is 370 g/mol. The summed E-state index contributed by atoms with van der Waals surface area (Å²) in [6.07, 6.45) is 2.81. The van der Waals surface area contributed by atoms with E-state index in [0.717, 1.165) is 12.8 Å². The third-order valence-corrected chi connectivity index (χ3v) is 5.08. The van der Waals surface area contributed by atoms with E-state index in [1.807, 2.05) is 0 Å². The summed E-state index contributed by atoms with van der Waals surface area (Å²) in [6, 6.07) is 9.28. The number of nitrogens with one attached hydrogen (secondary N) is 1. The van der Waals surface area contributed by atoms with Gasteiger partial charge in [-0.2, -0.15) is 0 Å². The summed E-state index contributed by atoms with van der Waals surface area (Å²) >= 11 is 0. The summed E-state index contributed by atoms with van der Waals surface area (Å²) in [7, 11) is 0. The van der Waals surface area contributed by atoms with Gasteiger partial charge in [-0.1, -0.05) is 25.0 Å². The van der Waals surface area contributed by atoms with E-state index < -0.39 is 27.9 Å². The molecule has 3 rings (SSSR count). The molecule has 0 saturated heterocycles. The first kappa shape index (κ1) is 19.7. The number of carbonyl (C=O) groups is 1. The van der Waals surface area contributed by atoms with Gasteiger partial charge in [0.15, 0.2) is 6.61 Å². The molecule has 28 heavy (non-hydrogen) atoms. The molecule has 2 aromatic rings. The van der Waals surface area contributed by atoms with Crippen LogP contribution in [0.2, 0.25) is 0 Å². The number of amides is 1. The molecule has 1 amide bonds. The second-order valence-electron chi connectivity index (χ2n) is 6.90. The smallest absolute Gasteiger partial charge is 0.273 e. The molecule has 1 aliphatic carbocycles. The zero-order chi connectivity index (χ0) is 20.1. The first-order valence-electron chi connectivity index (χ1n) is 9.00. The summed E-state index contributed by atoms with van der Waals surface area (Å²) in [4.78, 5) is 22.4. The lowest BCUT2D eigenvalue weighted by Crippen LogP contribution is -2.41. The summed E-state index contributed by atoms with van der Waals surface area (Å²) in [5.74, 6) is -1.48. The van der Waals surface area contributed by atoms with Crippen LogP contribution in [0.25, 0.3) is 0 Å². The van der Waals surface area contributed by atoms with Crippen LogP contribution in [0, 0.1) is 21.7 Å². The summed E-state index contributed by atoms with van der Waals surface area (Å²) in [5.41, 5.74) is -0.901. The molecule has 0 heterocycles. The van der Waals surface area contributed by atoms with Gasteiger partial charge >= 0.3 is 0 Å². The number of rotatable bonds is 7. The highest BCUT2D eigenvalue weighted by Gasteiger charge is 2.40. The van der Waals surface area contributed by atoms with E-state index in [2.05, 4.69) is 5.32 Å². The van der Waals surface area contributed by atoms with Crippen molar-refractivity contribution < 1.29 is 23.2 Å². The van der Waals surface area contributed by atoms with E-state index in [0.29, 0.717) is 12.8 Å². The molecule has 1 fully saturated rings. The largest absolute Gasteiger partial charge is 0.484 e. The molecule has 0 aromatic heterocycles. The third-order valence-electron chi connectivity index (χ3n) is 5.08. The van der Waals surface area contributed by atoms with Gasteiger partial charge in [0.25, 0.3) is 11.6 Å². The van der Waals surface area contributed by atoms with Crippen LogP contribution in [0.1, 0.15) is 31.2 Å². The number of hydrogen-bond acceptors (Lipinski definition) is 4. The SMILES string of the molecule is O=C(COc1cccc([N+](=O)[O-])c1)NCC1(c2c(F)cccc2F)CCCC1. The van der Waals surface area contributed by atoms with Crippen LogP contribution < -0.4 is 10.1 Å². The topological polar surface area (TPSA) is 81.5 Å². The number of carbonyl (C=O) groups excluding carboxylic acids is 1. The van der Waals surface area contributed by atoms with Crippen LogP contribution in [0.4, 0.5) is 14.5 Å². The number of nitro benzene ring substituents is 1. The molecule has 1 aliphatic rings. The molecule has 1 N–H and O–H groups in total. The predicted molar refractivity (Wildman–Crippen MR) is 98.1 cm³/mol. The van der Waals surface area contributed by atoms with E-state index in [-0.39, 0.29) is 30.2 Å². The Labute approximate surface area is 160 Å². The highest BCUT2D eigenvalue weighted by Crippen LogP contribution is 2.42. The number of halogens is 2. The fourth-order valence-electron chi connectivity index (χ4n) is 3.73. The highest BCUT2D eigenvalue weighted by molar-refractivity contribution is 5.77. The van der Waals surface area contributed by atoms with Crippen LogP contribution in [-0.2, 0) is 10.2 Å². The van der Waals surface area contributed by atoms with Crippen molar-refractivity contribution in [2.45, 2.75) is 31.1 Å². The Morgan fingerprint density at radius 1 is 1.14 bits per heavy atom. The van der Waals surface area contributed by atoms with E-state index in [9.17, 15) is 23.7 Å². The van der Waals surface area contributed by atoms with Crippen LogP contribution in [0.15, 0.2) is 42.5 Å². The Bertz CT molecular complexity index is 862. The molecule has 0 bridgehead atoms. The lowest BCUT2D eigenvalue weighted by atomic mass is 9.78. The van der Waals surface area contributed by atoms with Gasteiger partial charge in [-0.15, -0.1) is 0 Å². The number of non-ortho nitro benzene ring substituents is 1. The molecule has 8 heteroatoms. The predicted octanol–water partition coefficient (Wildman–Crippen LogP) is 3.88. The third kappa shape index (κ3) is 4.27. The van der Waals surface area contributed by atoms with Crippen LogP contribution in [0.5, 0.6) is 5.75 Å². The van der Waals surface area contributed by atoms with Gasteiger partial charge < -0.3 is 10.1 Å². The van der Waals surface area contributed by atoms with E-state index in [4.69, 9.17) is 4.74 Å². The average Bonchev–Trinajstić information content (AvgIpc) is 3.14. The van der Waals surface area contributed by atoms with Gasteiger partial charge in [-0.3, -0.25) is 14.9 Å². The van der Waals surface area contributed by atoms with E-state index in [1.165, 1.54) is 42.5 Å². The molecule has 0 radical (unpaired) electrons. The lowest BCUT2D eigenvalue weighted by Gasteiger charge is -2.30. The van der Waals surface area contributed by atoms with Gasteiger partial charge in [0.1, 0.15) is 17.4 Å². The molecule has 1 saturated carbocycles. The van der Waals surface area contributed by atoms with E-state index >= 15 is 0 Å². The first-order valence-corrected chi connectivity index (χ1v) is 9.00. The minimum atomic E-state index is -0.781. The average molecular weight is 390 g/mol. The van der Waals surface area contributed by atoms with Gasteiger partial charge in [-0.05, 0) is 31.0 Å². The van der Waals surface area contributed by atoms with Crippen molar-refractivity contribution in [2.75, 3.05) is 13.2 Å². The zero-order valence-corrected chi connectivity index (χ0v) is 15.1. The van der Waals surface area contributed by atoms with E-state index in [1.54, 1.807) is 0 Å². The zero-order valence-electron chi connectivity index (χ0n) is 15.1. The maximum Gasteiger partial charge on any atom is 0.273 e. The normalized spacial score (nSPS) is 15.2. The maximum absolute atomic E-state index is 14.3. The second kappa shape index (κ2) is 8.33. The Morgan fingerprint density at radius 2 is 1.79 bits per heavy atom. The Balaban J connectivity index is 1.64. The number of nitrogens with zero attached hydrogens (tertiary/aromatic N) is 1. The monoisotopic (exact) mass is 390 g/mol. The van der Waals surface area contributed by atoms with Crippen molar-refractivity contribution in [1.29, 1.82) is 0 Å². The number of nitro groups is 1. The Kier molecular flexibility index (Phi) is 5.87. The van der Waals surface area contributed by atoms with Crippen LogP contribution in [0.3, 0.4) is 0 Å².